The summed E-state index contributed by atoms with van der Waals surface area (Å²) in [7, 11) is 0. The molecule has 0 fully saturated rings. The average molecular weight is 261 g/mol. The molecule has 5 heteroatoms. The van der Waals surface area contributed by atoms with Crippen molar-refractivity contribution in [2.45, 2.75) is 30.5 Å². The number of aromatic nitrogens is 3. The van der Waals surface area contributed by atoms with Crippen molar-refractivity contribution in [2.75, 3.05) is 0 Å². The number of rotatable bonds is 6. The van der Waals surface area contributed by atoms with E-state index in [2.05, 4.69) is 17.0 Å². The molecule has 0 aliphatic heterocycles. The van der Waals surface area contributed by atoms with Gasteiger partial charge in [0.05, 0.1) is 5.75 Å². The van der Waals surface area contributed by atoms with Crippen LogP contribution in [0.2, 0.25) is 0 Å². The highest BCUT2D eigenvalue weighted by molar-refractivity contribution is 7.98. The quantitative estimate of drug-likeness (QED) is 0.592. The third-order valence-corrected chi connectivity index (χ3v) is 3.52. The van der Waals surface area contributed by atoms with Crippen LogP contribution < -0.4 is 0 Å². The van der Waals surface area contributed by atoms with Crippen LogP contribution in [0.4, 0.5) is 0 Å². The van der Waals surface area contributed by atoms with Crippen molar-refractivity contribution in [3.63, 3.8) is 0 Å². The summed E-state index contributed by atoms with van der Waals surface area (Å²) in [6.07, 6.45) is 3.50. The van der Waals surface area contributed by atoms with Crippen molar-refractivity contribution in [1.29, 1.82) is 0 Å². The summed E-state index contributed by atoms with van der Waals surface area (Å²) < 4.78 is 1.94. The Kier molecular flexibility index (Phi) is 4.52. The van der Waals surface area contributed by atoms with Gasteiger partial charge in [-0.3, -0.25) is 4.79 Å². The first-order chi connectivity index (χ1) is 8.83. The summed E-state index contributed by atoms with van der Waals surface area (Å²) >= 11 is 1.70. The molecule has 1 heterocycles. The molecule has 18 heavy (non-hydrogen) atoms. The molecular weight excluding hydrogens is 246 g/mol. The van der Waals surface area contributed by atoms with E-state index in [-0.39, 0.29) is 0 Å². The molecule has 0 N–H and O–H groups in total. The summed E-state index contributed by atoms with van der Waals surface area (Å²) in [5, 5.41) is 4.19. The third-order valence-electron chi connectivity index (χ3n) is 2.52. The molecule has 0 atom stereocenters. The Morgan fingerprint density at radius 3 is 2.78 bits per heavy atom. The number of hydrogen-bond donors (Lipinski definition) is 0. The minimum atomic E-state index is 0.702. The van der Waals surface area contributed by atoms with Crippen molar-refractivity contribution in [3.8, 4) is 0 Å². The first-order valence-electron chi connectivity index (χ1n) is 5.88. The van der Waals surface area contributed by atoms with E-state index in [0.29, 0.717) is 5.56 Å². The van der Waals surface area contributed by atoms with Crippen LogP contribution in [0, 0.1) is 0 Å². The van der Waals surface area contributed by atoms with Gasteiger partial charge in [0.1, 0.15) is 18.4 Å². The van der Waals surface area contributed by atoms with Gasteiger partial charge >= 0.3 is 0 Å². The fraction of sp³-hybridized carbons (Fsp3) is 0.308. The Bertz CT molecular complexity index is 507. The second-order valence-corrected chi connectivity index (χ2v) is 4.92. The number of carbonyl (C=O) groups excluding carboxylic acids is 1. The van der Waals surface area contributed by atoms with E-state index in [1.807, 2.05) is 28.9 Å². The molecular formula is C13H15N3OS. The molecule has 0 aliphatic rings. The van der Waals surface area contributed by atoms with Crippen molar-refractivity contribution >= 4 is 18.0 Å². The molecule has 1 aromatic carbocycles. The summed E-state index contributed by atoms with van der Waals surface area (Å²) in [6, 6.07) is 7.56. The van der Waals surface area contributed by atoms with Crippen LogP contribution in [-0.2, 0) is 12.3 Å². The smallest absolute Gasteiger partial charge is 0.150 e. The Morgan fingerprint density at radius 2 is 2.11 bits per heavy atom. The maximum Gasteiger partial charge on any atom is 0.150 e. The van der Waals surface area contributed by atoms with Gasteiger partial charge in [0.25, 0.3) is 0 Å². The average Bonchev–Trinajstić information content (AvgIpc) is 2.85. The van der Waals surface area contributed by atoms with Gasteiger partial charge in [-0.15, -0.1) is 11.8 Å². The Labute approximate surface area is 110 Å². The Hall–Kier alpha value is -1.62. The summed E-state index contributed by atoms with van der Waals surface area (Å²) in [5.41, 5.74) is 0.702. The highest BCUT2D eigenvalue weighted by Gasteiger charge is 2.04. The van der Waals surface area contributed by atoms with Gasteiger partial charge in [0, 0.05) is 17.0 Å². The topological polar surface area (TPSA) is 47.8 Å². The minimum absolute atomic E-state index is 0.702. The molecule has 0 amide bonds. The maximum atomic E-state index is 10.6. The molecule has 2 aromatic rings. The number of aldehydes is 1. The first-order valence-corrected chi connectivity index (χ1v) is 6.86. The zero-order valence-corrected chi connectivity index (χ0v) is 11.1. The van der Waals surface area contributed by atoms with Crippen molar-refractivity contribution in [2.24, 2.45) is 0 Å². The Morgan fingerprint density at radius 1 is 1.33 bits per heavy atom. The molecule has 0 saturated heterocycles. The second kappa shape index (κ2) is 6.35. The minimum Gasteiger partial charge on any atom is -0.298 e. The van der Waals surface area contributed by atoms with Crippen molar-refractivity contribution in [3.05, 3.63) is 42.0 Å². The van der Waals surface area contributed by atoms with Gasteiger partial charge in [-0.1, -0.05) is 19.1 Å². The molecule has 2 rings (SSSR count). The fourth-order valence-electron chi connectivity index (χ4n) is 1.59. The summed E-state index contributed by atoms with van der Waals surface area (Å²) in [4.78, 5) is 15.9. The monoisotopic (exact) mass is 261 g/mol. The molecule has 94 valence electrons. The number of thioether (sulfide) groups is 1. The zero-order chi connectivity index (χ0) is 12.8. The number of hydrogen-bond acceptors (Lipinski definition) is 4. The van der Waals surface area contributed by atoms with Gasteiger partial charge < -0.3 is 0 Å². The first kappa shape index (κ1) is 12.8. The van der Waals surface area contributed by atoms with Crippen LogP contribution in [0.3, 0.4) is 0 Å². The predicted molar refractivity (Wildman–Crippen MR) is 71.7 cm³/mol. The SMILES string of the molecule is CCCn1ncnc1CSc1ccc(C=O)cc1. The highest BCUT2D eigenvalue weighted by Crippen LogP contribution is 2.21. The van der Waals surface area contributed by atoms with Crippen LogP contribution in [0.1, 0.15) is 29.5 Å². The number of benzene rings is 1. The molecule has 4 nitrogen and oxygen atoms in total. The van der Waals surface area contributed by atoms with E-state index in [0.717, 1.165) is 35.7 Å². The maximum absolute atomic E-state index is 10.6. The standard InChI is InChI=1S/C13H15N3OS/c1-2-7-16-13(14-10-15-16)9-18-12-5-3-11(8-17)4-6-12/h3-6,8,10H,2,7,9H2,1H3. The van der Waals surface area contributed by atoms with Crippen LogP contribution >= 0.6 is 11.8 Å². The van der Waals surface area contributed by atoms with Gasteiger partial charge in [0.2, 0.25) is 0 Å². The van der Waals surface area contributed by atoms with E-state index in [1.165, 1.54) is 0 Å². The van der Waals surface area contributed by atoms with Crippen LogP contribution in [-0.4, -0.2) is 21.1 Å². The van der Waals surface area contributed by atoms with Gasteiger partial charge in [0.15, 0.2) is 0 Å². The molecule has 0 aliphatic carbocycles. The zero-order valence-electron chi connectivity index (χ0n) is 10.2. The lowest BCUT2D eigenvalue weighted by Crippen LogP contribution is -2.03. The molecule has 0 bridgehead atoms. The predicted octanol–water partition coefficient (Wildman–Crippen LogP) is 2.79. The van der Waals surface area contributed by atoms with Crippen LogP contribution in [0.25, 0.3) is 0 Å². The summed E-state index contributed by atoms with van der Waals surface area (Å²) in [5.74, 6) is 1.78. The Balaban J connectivity index is 1.97. The van der Waals surface area contributed by atoms with E-state index in [1.54, 1.807) is 18.1 Å². The van der Waals surface area contributed by atoms with Gasteiger partial charge in [-0.05, 0) is 18.6 Å². The lowest BCUT2D eigenvalue weighted by Gasteiger charge is -2.04. The third kappa shape index (κ3) is 3.20. The van der Waals surface area contributed by atoms with E-state index < -0.39 is 0 Å². The van der Waals surface area contributed by atoms with E-state index in [4.69, 9.17) is 0 Å². The lowest BCUT2D eigenvalue weighted by atomic mass is 10.2. The number of carbonyl (C=O) groups is 1. The summed E-state index contributed by atoms with van der Waals surface area (Å²) in [6.45, 7) is 3.02. The molecule has 0 spiro atoms. The lowest BCUT2D eigenvalue weighted by molar-refractivity contribution is 0.112. The molecule has 1 aromatic heterocycles. The van der Waals surface area contributed by atoms with E-state index in [9.17, 15) is 4.79 Å². The highest BCUT2D eigenvalue weighted by atomic mass is 32.2. The molecule has 0 unspecified atom stereocenters. The fourth-order valence-corrected chi connectivity index (χ4v) is 2.44. The number of aryl methyl sites for hydroxylation is 1. The van der Waals surface area contributed by atoms with E-state index >= 15 is 0 Å². The largest absolute Gasteiger partial charge is 0.298 e. The second-order valence-electron chi connectivity index (χ2n) is 3.87. The van der Waals surface area contributed by atoms with Gasteiger partial charge in [-0.25, -0.2) is 9.67 Å². The molecule has 0 saturated carbocycles. The van der Waals surface area contributed by atoms with Crippen LogP contribution in [0.15, 0.2) is 35.5 Å². The molecule has 0 radical (unpaired) electrons. The van der Waals surface area contributed by atoms with Crippen molar-refractivity contribution < 1.29 is 4.79 Å². The normalized spacial score (nSPS) is 10.5. The number of nitrogens with zero attached hydrogens (tertiary/aromatic N) is 3. The van der Waals surface area contributed by atoms with Crippen LogP contribution in [0.5, 0.6) is 0 Å². The van der Waals surface area contributed by atoms with Crippen molar-refractivity contribution in [1.82, 2.24) is 14.8 Å². The van der Waals surface area contributed by atoms with Gasteiger partial charge in [-0.2, -0.15) is 5.10 Å².